The lowest BCUT2D eigenvalue weighted by molar-refractivity contribution is 0.0946. The molecule has 0 spiro atoms. The molecular formula is C27H31FN4O3. The minimum absolute atomic E-state index is 0.115. The Balaban J connectivity index is 2.03. The summed E-state index contributed by atoms with van der Waals surface area (Å²) in [5, 5.41) is 2.87. The van der Waals surface area contributed by atoms with Crippen LogP contribution in [0.3, 0.4) is 0 Å². The Morgan fingerprint density at radius 2 is 2.03 bits per heavy atom. The number of aliphatic imine (C=N–C) groups is 1. The van der Waals surface area contributed by atoms with E-state index in [0.29, 0.717) is 22.4 Å². The van der Waals surface area contributed by atoms with Gasteiger partial charge < -0.3 is 15.8 Å². The largest absolute Gasteiger partial charge is 0.447 e. The second kappa shape index (κ2) is 11.0. The number of anilines is 1. The van der Waals surface area contributed by atoms with Crippen LogP contribution >= 0.6 is 0 Å². The number of cyclic esters (lactones) is 1. The molecule has 7 nitrogen and oxygen atoms in total. The Hall–Kier alpha value is -3.94. The average Bonchev–Trinajstić information content (AvgIpc) is 3.20. The molecule has 35 heavy (non-hydrogen) atoms. The Morgan fingerprint density at radius 1 is 1.29 bits per heavy atom. The number of benzene rings is 2. The summed E-state index contributed by atoms with van der Waals surface area (Å²) in [5.74, 6) is -0.696. The Morgan fingerprint density at radius 3 is 2.69 bits per heavy atom. The van der Waals surface area contributed by atoms with E-state index in [1.54, 1.807) is 44.2 Å². The van der Waals surface area contributed by atoms with Crippen molar-refractivity contribution in [2.24, 2.45) is 16.6 Å². The zero-order chi connectivity index (χ0) is 25.7. The summed E-state index contributed by atoms with van der Waals surface area (Å²) >= 11 is 0. The van der Waals surface area contributed by atoms with Gasteiger partial charge in [0.05, 0.1) is 12.1 Å². The predicted molar refractivity (Wildman–Crippen MR) is 137 cm³/mol. The van der Waals surface area contributed by atoms with Crippen LogP contribution in [0.1, 0.15) is 36.7 Å². The minimum Gasteiger partial charge on any atom is -0.447 e. The first-order valence-electron chi connectivity index (χ1n) is 11.4. The van der Waals surface area contributed by atoms with Crippen LogP contribution in [0.15, 0.2) is 65.9 Å². The van der Waals surface area contributed by atoms with Gasteiger partial charge >= 0.3 is 6.09 Å². The Kier molecular flexibility index (Phi) is 8.06. The summed E-state index contributed by atoms with van der Waals surface area (Å²) in [4.78, 5) is 31.3. The second-order valence-electron chi connectivity index (χ2n) is 8.90. The average molecular weight is 479 g/mol. The molecule has 8 heteroatoms. The quantitative estimate of drug-likeness (QED) is 0.524. The molecule has 184 valence electrons. The first-order valence-corrected chi connectivity index (χ1v) is 11.4. The highest BCUT2D eigenvalue weighted by atomic mass is 19.1. The predicted octanol–water partition coefficient (Wildman–Crippen LogP) is 4.96. The highest BCUT2D eigenvalue weighted by molar-refractivity contribution is 6.00. The van der Waals surface area contributed by atoms with Crippen LogP contribution in [0.2, 0.25) is 0 Å². The summed E-state index contributed by atoms with van der Waals surface area (Å²) in [6, 6.07) is 9.20. The molecule has 0 radical (unpaired) electrons. The number of rotatable bonds is 8. The zero-order valence-electron chi connectivity index (χ0n) is 20.4. The van der Waals surface area contributed by atoms with Gasteiger partial charge in [-0.05, 0) is 60.7 Å². The molecule has 2 aromatic rings. The summed E-state index contributed by atoms with van der Waals surface area (Å²) < 4.78 is 20.2. The fraction of sp³-hybridized carbons (Fsp3) is 0.296. The van der Waals surface area contributed by atoms with Crippen molar-refractivity contribution < 1.29 is 18.7 Å². The van der Waals surface area contributed by atoms with Gasteiger partial charge in [-0.25, -0.2) is 9.18 Å². The number of nitrogens with two attached hydrogens (primary N) is 1. The van der Waals surface area contributed by atoms with Gasteiger partial charge in [-0.15, -0.1) is 0 Å². The first kappa shape index (κ1) is 25.7. The highest BCUT2D eigenvalue weighted by Crippen LogP contribution is 2.33. The summed E-state index contributed by atoms with van der Waals surface area (Å²) in [6.45, 7) is 11.7. The molecular weight excluding hydrogens is 447 g/mol. The molecule has 3 rings (SSSR count). The zero-order valence-corrected chi connectivity index (χ0v) is 20.4. The summed E-state index contributed by atoms with van der Waals surface area (Å²) in [6.07, 6.45) is 3.71. The van der Waals surface area contributed by atoms with Crippen LogP contribution in [0.5, 0.6) is 0 Å². The lowest BCUT2D eigenvalue weighted by Crippen LogP contribution is -2.38. The van der Waals surface area contributed by atoms with Crippen LogP contribution in [0.25, 0.3) is 11.1 Å². The fourth-order valence-electron chi connectivity index (χ4n) is 3.79. The molecule has 1 fully saturated rings. The molecule has 1 unspecified atom stereocenters. The number of carbonyl (C=O) groups excluding carboxylic acids is 2. The van der Waals surface area contributed by atoms with Gasteiger partial charge in [-0.1, -0.05) is 32.6 Å². The topological polar surface area (TPSA) is 97.0 Å². The van der Waals surface area contributed by atoms with E-state index in [4.69, 9.17) is 10.5 Å². The third kappa shape index (κ3) is 5.95. The maximum Gasteiger partial charge on any atom is 0.414 e. The van der Waals surface area contributed by atoms with E-state index in [1.807, 2.05) is 13.8 Å². The van der Waals surface area contributed by atoms with Gasteiger partial charge in [0, 0.05) is 35.4 Å². The lowest BCUT2D eigenvalue weighted by atomic mass is 9.98. The molecule has 2 atom stereocenters. The Bertz CT molecular complexity index is 1190. The molecule has 1 saturated heterocycles. The molecule has 0 aliphatic carbocycles. The number of aryl methyl sites for hydroxylation is 1. The van der Waals surface area contributed by atoms with Crippen molar-refractivity contribution in [1.82, 2.24) is 5.32 Å². The molecule has 0 bridgehead atoms. The number of ether oxygens (including phenoxy) is 1. The highest BCUT2D eigenvalue weighted by Gasteiger charge is 2.36. The molecule has 1 aliphatic heterocycles. The van der Waals surface area contributed by atoms with Gasteiger partial charge in [0.15, 0.2) is 0 Å². The van der Waals surface area contributed by atoms with E-state index < -0.39 is 23.9 Å². The SMILES string of the molecule is C=C(/C=N\C=C/N)C(C)NC(=O)c1cc(-c2ccc(C)cc2F)cc(N2C(=O)OC[C@H]2C(C)C)c1. The van der Waals surface area contributed by atoms with Gasteiger partial charge in [-0.2, -0.15) is 0 Å². The first-order chi connectivity index (χ1) is 16.6. The number of hydrogen-bond donors (Lipinski definition) is 2. The van der Waals surface area contributed by atoms with Gasteiger partial charge in [-0.3, -0.25) is 14.7 Å². The summed E-state index contributed by atoms with van der Waals surface area (Å²) in [5.41, 5.74) is 8.18. The van der Waals surface area contributed by atoms with E-state index in [1.165, 1.54) is 29.6 Å². The normalized spacial score (nSPS) is 16.8. The van der Waals surface area contributed by atoms with Gasteiger partial charge in [0.25, 0.3) is 5.91 Å². The van der Waals surface area contributed by atoms with Crippen molar-refractivity contribution in [1.29, 1.82) is 0 Å². The van der Waals surface area contributed by atoms with Gasteiger partial charge in [0.2, 0.25) is 0 Å². The third-order valence-corrected chi connectivity index (χ3v) is 5.89. The molecule has 0 aromatic heterocycles. The number of carbonyl (C=O) groups is 2. The van der Waals surface area contributed by atoms with Crippen LogP contribution in [-0.4, -0.2) is 36.9 Å². The lowest BCUT2D eigenvalue weighted by Gasteiger charge is -2.25. The Labute approximate surface area is 205 Å². The van der Waals surface area contributed by atoms with Crippen molar-refractivity contribution in [3.63, 3.8) is 0 Å². The molecule has 3 N–H and O–H groups in total. The second-order valence-corrected chi connectivity index (χ2v) is 8.90. The van der Waals surface area contributed by atoms with Crippen molar-refractivity contribution in [2.75, 3.05) is 11.5 Å². The number of amides is 2. The standard InChI is InChI=1S/C27H31FN4O3/c1-16(2)25-15-35-27(34)32(25)22-12-20(23-7-6-17(3)10-24(23)28)11-21(13-22)26(33)31-19(5)18(4)14-30-9-8-29/h6-14,16,19,25H,4,15,29H2,1-3,5H3,(H,31,33)/b9-8-,30-14-/t19?,25-/m0/s1. The molecule has 1 heterocycles. The van der Waals surface area contributed by atoms with E-state index in [9.17, 15) is 14.0 Å². The van der Waals surface area contributed by atoms with Crippen LogP contribution in [0, 0.1) is 18.7 Å². The maximum atomic E-state index is 14.9. The molecule has 2 amide bonds. The monoisotopic (exact) mass is 478 g/mol. The minimum atomic E-state index is -0.498. The van der Waals surface area contributed by atoms with Gasteiger partial charge in [0.1, 0.15) is 12.4 Å². The van der Waals surface area contributed by atoms with Crippen molar-refractivity contribution >= 4 is 23.9 Å². The molecule has 2 aromatic carbocycles. The van der Waals surface area contributed by atoms with E-state index in [0.717, 1.165) is 5.56 Å². The van der Waals surface area contributed by atoms with Crippen molar-refractivity contribution in [2.45, 2.75) is 39.8 Å². The molecule has 0 saturated carbocycles. The number of hydrogen-bond acceptors (Lipinski definition) is 5. The fourth-order valence-corrected chi connectivity index (χ4v) is 3.79. The van der Waals surface area contributed by atoms with E-state index >= 15 is 0 Å². The van der Waals surface area contributed by atoms with Crippen LogP contribution < -0.4 is 16.0 Å². The van der Waals surface area contributed by atoms with Crippen molar-refractivity contribution in [3.05, 3.63) is 77.9 Å². The van der Waals surface area contributed by atoms with E-state index in [-0.39, 0.29) is 24.1 Å². The van der Waals surface area contributed by atoms with E-state index in [2.05, 4.69) is 16.9 Å². The maximum absolute atomic E-state index is 14.9. The number of nitrogens with one attached hydrogen (secondary N) is 1. The smallest absolute Gasteiger partial charge is 0.414 e. The number of halogens is 1. The van der Waals surface area contributed by atoms with Crippen LogP contribution in [0.4, 0.5) is 14.9 Å². The molecule has 1 aliphatic rings. The number of nitrogens with zero attached hydrogens (tertiary/aromatic N) is 2. The third-order valence-electron chi connectivity index (χ3n) is 5.89. The summed E-state index contributed by atoms with van der Waals surface area (Å²) in [7, 11) is 0. The van der Waals surface area contributed by atoms with Crippen LogP contribution in [-0.2, 0) is 4.74 Å². The van der Waals surface area contributed by atoms with Crippen molar-refractivity contribution in [3.8, 4) is 11.1 Å².